The Morgan fingerprint density at radius 3 is 2.93 bits per heavy atom. The first-order valence-corrected chi connectivity index (χ1v) is 6.46. The van der Waals surface area contributed by atoms with Gasteiger partial charge >= 0.3 is 0 Å². The van der Waals surface area contributed by atoms with Crippen molar-refractivity contribution >= 4 is 44.8 Å². The molecule has 1 aliphatic carbocycles. The molecule has 0 aromatic carbocycles. The highest BCUT2D eigenvalue weighted by Crippen LogP contribution is 2.33. The number of alkyl halides is 1. The van der Waals surface area contributed by atoms with Crippen molar-refractivity contribution in [2.75, 3.05) is 0 Å². The maximum Gasteiger partial charge on any atom is 0.243 e. The zero-order valence-corrected chi connectivity index (χ0v) is 10.5. The Bertz CT molecular complexity index is 350. The highest BCUT2D eigenvalue weighted by molar-refractivity contribution is 9.10. The summed E-state index contributed by atoms with van der Waals surface area (Å²) >= 11 is 10.9. The number of carbonyl (C=O) groups is 1. The third kappa shape index (κ3) is 2.30. The number of halogens is 2. The van der Waals surface area contributed by atoms with Crippen molar-refractivity contribution in [2.24, 2.45) is 0 Å². The van der Waals surface area contributed by atoms with Crippen LogP contribution in [0.4, 0.5) is 0 Å². The van der Waals surface area contributed by atoms with Gasteiger partial charge in [0, 0.05) is 15.4 Å². The van der Waals surface area contributed by atoms with Crippen molar-refractivity contribution < 1.29 is 4.79 Å². The fourth-order valence-corrected chi connectivity index (χ4v) is 3.15. The average Bonchev–Trinajstić information content (AvgIpc) is 2.86. The first-order valence-electron chi connectivity index (χ1n) is 4.36. The number of amides is 1. The first-order chi connectivity index (χ1) is 6.68. The molecule has 1 aromatic rings. The van der Waals surface area contributed by atoms with Gasteiger partial charge in [0.1, 0.15) is 5.38 Å². The maximum absolute atomic E-state index is 11.6. The van der Waals surface area contributed by atoms with Gasteiger partial charge in [0.25, 0.3) is 0 Å². The molecular weight excluding hydrogens is 286 g/mol. The summed E-state index contributed by atoms with van der Waals surface area (Å²) in [6, 6.07) is 2.27. The van der Waals surface area contributed by atoms with Crippen LogP contribution in [0.1, 0.15) is 23.1 Å². The van der Waals surface area contributed by atoms with E-state index in [1.54, 1.807) is 0 Å². The van der Waals surface area contributed by atoms with Crippen LogP contribution >= 0.6 is 38.9 Å². The summed E-state index contributed by atoms with van der Waals surface area (Å²) in [6.07, 6.45) is 2.17. The molecule has 1 atom stereocenters. The van der Waals surface area contributed by atoms with E-state index in [0.717, 1.165) is 22.2 Å². The van der Waals surface area contributed by atoms with E-state index in [-0.39, 0.29) is 5.91 Å². The smallest absolute Gasteiger partial charge is 0.243 e. The minimum absolute atomic E-state index is 0.0858. The monoisotopic (exact) mass is 293 g/mol. The second-order valence-electron chi connectivity index (χ2n) is 3.28. The van der Waals surface area contributed by atoms with Gasteiger partial charge in [-0.25, -0.2) is 0 Å². The minimum atomic E-state index is -0.565. The molecule has 1 saturated carbocycles. The Balaban J connectivity index is 2.03. The van der Waals surface area contributed by atoms with Crippen LogP contribution in [0.2, 0.25) is 0 Å². The van der Waals surface area contributed by atoms with Gasteiger partial charge in [-0.05, 0) is 40.2 Å². The molecule has 1 unspecified atom stereocenters. The summed E-state index contributed by atoms with van der Waals surface area (Å²) < 4.78 is 0.911. The molecule has 1 aromatic heterocycles. The van der Waals surface area contributed by atoms with E-state index in [0.29, 0.717) is 6.04 Å². The molecule has 1 N–H and O–H groups in total. The second kappa shape index (κ2) is 4.21. The molecule has 0 spiro atoms. The van der Waals surface area contributed by atoms with E-state index in [9.17, 15) is 4.79 Å². The molecular formula is C9H9BrClNOS. The fraction of sp³-hybridized carbons (Fsp3) is 0.444. The van der Waals surface area contributed by atoms with Gasteiger partial charge in [-0.15, -0.1) is 22.9 Å². The predicted octanol–water partition coefficient (Wildman–Crippen LogP) is 3.07. The number of hydrogen-bond acceptors (Lipinski definition) is 2. The largest absolute Gasteiger partial charge is 0.352 e. The average molecular weight is 295 g/mol. The molecule has 1 heterocycles. The fourth-order valence-electron chi connectivity index (χ4n) is 1.11. The van der Waals surface area contributed by atoms with Crippen LogP contribution in [0, 0.1) is 0 Å². The van der Waals surface area contributed by atoms with Gasteiger partial charge in [0.05, 0.1) is 0 Å². The van der Waals surface area contributed by atoms with Gasteiger partial charge in [0.15, 0.2) is 0 Å². The number of carbonyl (C=O) groups excluding carboxylic acids is 1. The van der Waals surface area contributed by atoms with E-state index >= 15 is 0 Å². The Morgan fingerprint density at radius 1 is 1.71 bits per heavy atom. The van der Waals surface area contributed by atoms with Crippen molar-refractivity contribution in [2.45, 2.75) is 24.3 Å². The summed E-state index contributed by atoms with van der Waals surface area (Å²) in [6.45, 7) is 0. The van der Waals surface area contributed by atoms with E-state index in [2.05, 4.69) is 21.2 Å². The maximum atomic E-state index is 11.6. The highest BCUT2D eigenvalue weighted by Gasteiger charge is 2.28. The Hall–Kier alpha value is -0.0600. The second-order valence-corrected chi connectivity index (χ2v) is 5.52. The topological polar surface area (TPSA) is 29.1 Å². The van der Waals surface area contributed by atoms with Crippen LogP contribution in [-0.4, -0.2) is 11.9 Å². The quantitative estimate of drug-likeness (QED) is 0.853. The molecule has 1 amide bonds. The van der Waals surface area contributed by atoms with Gasteiger partial charge in [-0.2, -0.15) is 0 Å². The van der Waals surface area contributed by atoms with Crippen molar-refractivity contribution in [3.8, 4) is 0 Å². The van der Waals surface area contributed by atoms with Crippen molar-refractivity contribution in [3.05, 3.63) is 20.8 Å². The molecule has 2 rings (SSSR count). The molecule has 76 valence electrons. The normalized spacial score (nSPS) is 17.9. The van der Waals surface area contributed by atoms with E-state index < -0.39 is 5.38 Å². The number of thiophene rings is 1. The molecule has 0 saturated heterocycles. The predicted molar refractivity (Wildman–Crippen MR) is 61.8 cm³/mol. The molecule has 0 bridgehead atoms. The van der Waals surface area contributed by atoms with Crippen molar-refractivity contribution in [1.82, 2.24) is 5.32 Å². The Labute approximate surface area is 99.8 Å². The Morgan fingerprint density at radius 2 is 2.43 bits per heavy atom. The van der Waals surface area contributed by atoms with Crippen molar-refractivity contribution in [3.63, 3.8) is 0 Å². The van der Waals surface area contributed by atoms with Crippen LogP contribution < -0.4 is 5.32 Å². The lowest BCUT2D eigenvalue weighted by atomic mass is 10.3. The summed E-state index contributed by atoms with van der Waals surface area (Å²) in [4.78, 5) is 12.5. The highest BCUT2D eigenvalue weighted by atomic mass is 79.9. The summed E-state index contributed by atoms with van der Waals surface area (Å²) in [5.41, 5.74) is 0. The van der Waals surface area contributed by atoms with E-state index in [1.165, 1.54) is 11.3 Å². The molecule has 1 fully saturated rings. The molecule has 1 aliphatic rings. The van der Waals surface area contributed by atoms with Gasteiger partial charge in [-0.3, -0.25) is 4.79 Å². The van der Waals surface area contributed by atoms with Gasteiger partial charge < -0.3 is 5.32 Å². The van der Waals surface area contributed by atoms with E-state index in [1.807, 2.05) is 11.4 Å². The van der Waals surface area contributed by atoms with Crippen LogP contribution in [0.3, 0.4) is 0 Å². The standard InChI is InChI=1S/C9H9BrClNOS/c10-6-3-4-14-8(6)7(11)9(13)12-5-1-2-5/h3-5,7H,1-2H2,(H,12,13). The van der Waals surface area contributed by atoms with Gasteiger partial charge in [-0.1, -0.05) is 0 Å². The van der Waals surface area contributed by atoms with Crippen molar-refractivity contribution in [1.29, 1.82) is 0 Å². The first kappa shape index (κ1) is 10.5. The summed E-state index contributed by atoms with van der Waals surface area (Å²) in [7, 11) is 0. The third-order valence-corrected chi connectivity index (χ3v) is 4.51. The molecule has 14 heavy (non-hydrogen) atoms. The van der Waals surface area contributed by atoms with Crippen LogP contribution in [0.25, 0.3) is 0 Å². The Kier molecular flexibility index (Phi) is 3.14. The summed E-state index contributed by atoms with van der Waals surface area (Å²) in [5, 5.41) is 4.24. The zero-order valence-electron chi connectivity index (χ0n) is 7.30. The molecule has 0 radical (unpaired) electrons. The molecule has 5 heteroatoms. The van der Waals surface area contributed by atoms with Crippen LogP contribution in [0.5, 0.6) is 0 Å². The molecule has 2 nitrogen and oxygen atoms in total. The number of rotatable bonds is 3. The van der Waals surface area contributed by atoms with Crippen LogP contribution in [-0.2, 0) is 4.79 Å². The minimum Gasteiger partial charge on any atom is -0.352 e. The third-order valence-electron chi connectivity index (χ3n) is 2.03. The van der Waals surface area contributed by atoms with Crippen LogP contribution in [0.15, 0.2) is 15.9 Å². The lowest BCUT2D eigenvalue weighted by molar-refractivity contribution is -0.120. The molecule has 0 aliphatic heterocycles. The number of nitrogens with one attached hydrogen (secondary N) is 1. The lowest BCUT2D eigenvalue weighted by Crippen LogP contribution is -2.28. The summed E-state index contributed by atoms with van der Waals surface area (Å²) in [5.74, 6) is -0.0858. The lowest BCUT2D eigenvalue weighted by Gasteiger charge is -2.08. The van der Waals surface area contributed by atoms with Gasteiger partial charge in [0.2, 0.25) is 5.91 Å². The van der Waals surface area contributed by atoms with E-state index in [4.69, 9.17) is 11.6 Å². The SMILES string of the molecule is O=C(NC1CC1)C(Cl)c1sccc1Br. The zero-order chi connectivity index (χ0) is 10.1. The number of hydrogen-bond donors (Lipinski definition) is 1.